The molecule has 0 rings (SSSR count). The Kier molecular flexibility index (Phi) is 3.87. The molecule has 0 aromatic carbocycles. The molecule has 0 saturated carbocycles. The molecule has 13 heavy (non-hydrogen) atoms. The lowest BCUT2D eigenvalue weighted by atomic mass is 10.1. The van der Waals surface area contributed by atoms with Crippen molar-refractivity contribution in [2.45, 2.75) is 38.8 Å². The van der Waals surface area contributed by atoms with Crippen molar-refractivity contribution in [2.75, 3.05) is 0 Å². The summed E-state index contributed by atoms with van der Waals surface area (Å²) >= 11 is 0. The summed E-state index contributed by atoms with van der Waals surface area (Å²) in [6.07, 6.45) is 0.344. The van der Waals surface area contributed by atoms with Gasteiger partial charge in [0.25, 0.3) is 0 Å². The number of carbonyl (C=O) groups excluding carboxylic acids is 1. The Morgan fingerprint density at radius 1 is 1.54 bits per heavy atom. The summed E-state index contributed by atoms with van der Waals surface area (Å²) in [6.45, 7) is 4.73. The molecule has 0 aliphatic rings. The minimum Gasteiger partial charge on any atom is -0.480 e. The summed E-state index contributed by atoms with van der Waals surface area (Å²) in [4.78, 5) is 21.8. The van der Waals surface area contributed by atoms with Crippen molar-refractivity contribution in [3.63, 3.8) is 0 Å². The van der Waals surface area contributed by atoms with E-state index in [-0.39, 0.29) is 0 Å². The third kappa shape index (κ3) is 3.89. The summed E-state index contributed by atoms with van der Waals surface area (Å²) in [5, 5.41) is 11.0. The van der Waals surface area contributed by atoms with Gasteiger partial charge < -0.3 is 16.2 Å². The molecule has 0 aromatic heterocycles. The highest BCUT2D eigenvalue weighted by Crippen LogP contribution is 1.99. The number of carboxylic acids is 1. The number of nitrogens with two attached hydrogens (primary N) is 1. The quantitative estimate of drug-likeness (QED) is 0.565. The molecule has 0 aliphatic heterocycles. The van der Waals surface area contributed by atoms with Crippen molar-refractivity contribution in [3.8, 4) is 0 Å². The van der Waals surface area contributed by atoms with Gasteiger partial charge in [0.2, 0.25) is 5.91 Å². The normalized spacial score (nSPS) is 13.5. The van der Waals surface area contributed by atoms with Gasteiger partial charge in [0.1, 0.15) is 6.04 Å². The SMILES string of the molecule is CC[C@H](NC(=O)C(C)(C)N)C(=O)O. The van der Waals surface area contributed by atoms with Crippen LogP contribution >= 0.6 is 0 Å². The molecule has 76 valence electrons. The Hall–Kier alpha value is -1.10. The number of carboxylic acid groups (broad SMARTS) is 1. The second-order valence-corrected chi connectivity index (χ2v) is 3.49. The van der Waals surface area contributed by atoms with Gasteiger partial charge in [-0.05, 0) is 20.3 Å². The summed E-state index contributed by atoms with van der Waals surface area (Å²) in [6, 6.07) is -0.852. The second kappa shape index (κ2) is 4.23. The van der Waals surface area contributed by atoms with E-state index < -0.39 is 23.5 Å². The first kappa shape index (κ1) is 11.9. The highest BCUT2D eigenvalue weighted by atomic mass is 16.4. The highest BCUT2D eigenvalue weighted by molar-refractivity contribution is 5.89. The van der Waals surface area contributed by atoms with Crippen LogP contribution in [-0.4, -0.2) is 28.6 Å². The molecular formula is C8H16N2O3. The second-order valence-electron chi connectivity index (χ2n) is 3.49. The van der Waals surface area contributed by atoms with Crippen molar-refractivity contribution >= 4 is 11.9 Å². The molecular weight excluding hydrogens is 172 g/mol. The largest absolute Gasteiger partial charge is 0.480 e. The van der Waals surface area contributed by atoms with Gasteiger partial charge >= 0.3 is 5.97 Å². The number of amides is 1. The zero-order valence-electron chi connectivity index (χ0n) is 8.13. The average molecular weight is 188 g/mol. The molecule has 0 heterocycles. The fourth-order valence-corrected chi connectivity index (χ4v) is 0.683. The number of rotatable bonds is 4. The Morgan fingerprint density at radius 3 is 2.23 bits per heavy atom. The van der Waals surface area contributed by atoms with Gasteiger partial charge in [-0.3, -0.25) is 4.79 Å². The Labute approximate surface area is 77.3 Å². The lowest BCUT2D eigenvalue weighted by Crippen LogP contribution is -2.53. The van der Waals surface area contributed by atoms with Gasteiger partial charge in [-0.15, -0.1) is 0 Å². The fourth-order valence-electron chi connectivity index (χ4n) is 0.683. The van der Waals surface area contributed by atoms with E-state index in [2.05, 4.69) is 5.32 Å². The first-order valence-electron chi connectivity index (χ1n) is 4.11. The van der Waals surface area contributed by atoms with E-state index in [1.807, 2.05) is 0 Å². The molecule has 0 aliphatic carbocycles. The van der Waals surface area contributed by atoms with Crippen molar-refractivity contribution in [3.05, 3.63) is 0 Å². The van der Waals surface area contributed by atoms with Crippen molar-refractivity contribution in [2.24, 2.45) is 5.73 Å². The van der Waals surface area contributed by atoms with Crippen LogP contribution in [0.15, 0.2) is 0 Å². The summed E-state index contributed by atoms with van der Waals surface area (Å²) in [5.74, 6) is -1.50. The Bertz CT molecular complexity index is 208. The summed E-state index contributed by atoms with van der Waals surface area (Å²) < 4.78 is 0. The van der Waals surface area contributed by atoms with Crippen molar-refractivity contribution in [1.82, 2.24) is 5.32 Å². The van der Waals surface area contributed by atoms with Crippen molar-refractivity contribution < 1.29 is 14.7 Å². The minimum atomic E-state index is -1.04. The maximum absolute atomic E-state index is 11.2. The van der Waals surface area contributed by atoms with Gasteiger partial charge in [0.05, 0.1) is 5.54 Å². The Morgan fingerprint density at radius 2 is 2.00 bits per heavy atom. The lowest BCUT2D eigenvalue weighted by molar-refractivity contribution is -0.142. The smallest absolute Gasteiger partial charge is 0.326 e. The maximum atomic E-state index is 11.2. The van der Waals surface area contributed by atoms with Crippen LogP contribution in [0, 0.1) is 0 Å². The van der Waals surface area contributed by atoms with Crippen LogP contribution in [0.5, 0.6) is 0 Å². The van der Waals surface area contributed by atoms with Crippen LogP contribution in [0.2, 0.25) is 0 Å². The number of carbonyl (C=O) groups is 2. The van der Waals surface area contributed by atoms with Crippen LogP contribution in [0.3, 0.4) is 0 Å². The minimum absolute atomic E-state index is 0.344. The average Bonchev–Trinajstić information content (AvgIpc) is 1.96. The third-order valence-electron chi connectivity index (χ3n) is 1.60. The zero-order valence-corrected chi connectivity index (χ0v) is 8.13. The van der Waals surface area contributed by atoms with E-state index in [0.29, 0.717) is 6.42 Å². The molecule has 5 heteroatoms. The van der Waals surface area contributed by atoms with E-state index in [4.69, 9.17) is 10.8 Å². The molecule has 1 atom stereocenters. The molecule has 0 aromatic rings. The van der Waals surface area contributed by atoms with Crippen LogP contribution in [-0.2, 0) is 9.59 Å². The van der Waals surface area contributed by atoms with Gasteiger partial charge in [-0.25, -0.2) is 4.79 Å². The van der Waals surface area contributed by atoms with E-state index in [1.54, 1.807) is 6.92 Å². The summed E-state index contributed by atoms with van der Waals surface area (Å²) in [5.41, 5.74) is 4.44. The van der Waals surface area contributed by atoms with Gasteiger partial charge in [0.15, 0.2) is 0 Å². The summed E-state index contributed by atoms with van der Waals surface area (Å²) in [7, 11) is 0. The van der Waals surface area contributed by atoms with E-state index in [0.717, 1.165) is 0 Å². The van der Waals surface area contributed by atoms with Crippen molar-refractivity contribution in [1.29, 1.82) is 0 Å². The predicted molar refractivity (Wildman–Crippen MR) is 48.1 cm³/mol. The van der Waals surface area contributed by atoms with Crippen LogP contribution in [0.25, 0.3) is 0 Å². The number of nitrogens with one attached hydrogen (secondary N) is 1. The van der Waals surface area contributed by atoms with Gasteiger partial charge in [-0.1, -0.05) is 6.92 Å². The Balaban J connectivity index is 4.26. The van der Waals surface area contributed by atoms with E-state index >= 15 is 0 Å². The highest BCUT2D eigenvalue weighted by Gasteiger charge is 2.26. The third-order valence-corrected chi connectivity index (χ3v) is 1.60. The molecule has 5 nitrogen and oxygen atoms in total. The first-order chi connectivity index (χ1) is 5.79. The molecule has 0 radical (unpaired) electrons. The molecule has 0 spiro atoms. The van der Waals surface area contributed by atoms with Gasteiger partial charge in [0, 0.05) is 0 Å². The van der Waals surface area contributed by atoms with Crippen LogP contribution < -0.4 is 11.1 Å². The zero-order chi connectivity index (χ0) is 10.6. The predicted octanol–water partition coefficient (Wildman–Crippen LogP) is -0.297. The monoisotopic (exact) mass is 188 g/mol. The molecule has 0 fully saturated rings. The first-order valence-corrected chi connectivity index (χ1v) is 4.11. The van der Waals surface area contributed by atoms with E-state index in [1.165, 1.54) is 13.8 Å². The molecule has 0 unspecified atom stereocenters. The molecule has 0 bridgehead atoms. The number of hydrogen-bond acceptors (Lipinski definition) is 3. The fraction of sp³-hybridized carbons (Fsp3) is 0.750. The maximum Gasteiger partial charge on any atom is 0.326 e. The van der Waals surface area contributed by atoms with Crippen LogP contribution in [0.1, 0.15) is 27.2 Å². The number of aliphatic carboxylic acids is 1. The standard InChI is InChI=1S/C8H16N2O3/c1-4-5(6(11)12)10-7(13)8(2,3)9/h5H,4,9H2,1-3H3,(H,10,13)(H,11,12)/t5-/m0/s1. The number of hydrogen-bond donors (Lipinski definition) is 3. The topological polar surface area (TPSA) is 92.4 Å². The molecule has 0 saturated heterocycles. The van der Waals surface area contributed by atoms with Crippen LogP contribution in [0.4, 0.5) is 0 Å². The molecule has 1 amide bonds. The van der Waals surface area contributed by atoms with Gasteiger partial charge in [-0.2, -0.15) is 0 Å². The molecule has 4 N–H and O–H groups in total. The van der Waals surface area contributed by atoms with E-state index in [9.17, 15) is 9.59 Å². The lowest BCUT2D eigenvalue weighted by Gasteiger charge is -2.20.